The summed E-state index contributed by atoms with van der Waals surface area (Å²) in [6, 6.07) is 0. The highest BCUT2D eigenvalue weighted by atomic mass is 14.6. The molecule has 2 rings (SSSR count). The third-order valence-corrected chi connectivity index (χ3v) is 2.41. The van der Waals surface area contributed by atoms with Crippen LogP contribution in [0.5, 0.6) is 0 Å². The molecule has 2 aliphatic carbocycles. The molecule has 0 heterocycles. The van der Waals surface area contributed by atoms with Gasteiger partial charge in [0.1, 0.15) is 0 Å². The third kappa shape index (κ3) is 0.666. The molecule has 0 bridgehead atoms. The molecule has 0 saturated heterocycles. The van der Waals surface area contributed by atoms with E-state index < -0.39 is 0 Å². The molecule has 1 saturated carbocycles. The summed E-state index contributed by atoms with van der Waals surface area (Å²) in [6.07, 6.45) is 8.61. The Morgan fingerprint density at radius 3 is 2.10 bits per heavy atom. The minimum Gasteiger partial charge on any atom is -0.310 e. The Morgan fingerprint density at radius 2 is 1.70 bits per heavy atom. The van der Waals surface area contributed by atoms with E-state index in [1.807, 2.05) is 6.92 Å². The van der Waals surface area contributed by atoms with Crippen molar-refractivity contribution in [2.24, 2.45) is 17.8 Å². The molecule has 0 aliphatic heterocycles. The van der Waals surface area contributed by atoms with Crippen molar-refractivity contribution in [2.75, 3.05) is 0 Å². The predicted octanol–water partition coefficient (Wildman–Crippen LogP) is 2.01. The van der Waals surface area contributed by atoms with E-state index >= 15 is 0 Å². The van der Waals surface area contributed by atoms with Gasteiger partial charge in [-0.1, -0.05) is 24.3 Å². The van der Waals surface area contributed by atoms with Gasteiger partial charge in [-0.25, -0.2) is 0 Å². The Labute approximate surface area is 61.0 Å². The van der Waals surface area contributed by atoms with Crippen molar-refractivity contribution in [1.82, 2.24) is 0 Å². The maximum Gasteiger partial charge on any atom is 0.0101 e. The summed E-state index contributed by atoms with van der Waals surface area (Å²) in [5.41, 5.74) is 0.839. The highest BCUT2D eigenvalue weighted by molar-refractivity contribution is 5.85. The van der Waals surface area contributed by atoms with Crippen LogP contribution in [0.1, 0.15) is 6.92 Å². The second kappa shape index (κ2) is 1.82. The van der Waals surface area contributed by atoms with Crippen molar-refractivity contribution in [2.45, 2.75) is 6.92 Å². The van der Waals surface area contributed by atoms with Crippen molar-refractivity contribution < 1.29 is 0 Å². The Bertz CT molecular complexity index is 207. The number of nitrogens with one attached hydrogen (secondary N) is 1. The second-order valence-electron chi connectivity index (χ2n) is 3.13. The number of hydrogen-bond acceptors (Lipinski definition) is 1. The topological polar surface area (TPSA) is 23.9 Å². The van der Waals surface area contributed by atoms with Gasteiger partial charge in [-0.2, -0.15) is 0 Å². The molecule has 10 heavy (non-hydrogen) atoms. The molecule has 2 unspecified atom stereocenters. The maximum absolute atomic E-state index is 7.44. The van der Waals surface area contributed by atoms with Crippen molar-refractivity contribution >= 4 is 5.71 Å². The van der Waals surface area contributed by atoms with E-state index in [0.717, 1.165) is 5.71 Å². The van der Waals surface area contributed by atoms with Crippen molar-refractivity contribution in [3.05, 3.63) is 24.3 Å². The van der Waals surface area contributed by atoms with Crippen molar-refractivity contribution in [3.63, 3.8) is 0 Å². The summed E-state index contributed by atoms with van der Waals surface area (Å²) in [5, 5.41) is 7.44. The Morgan fingerprint density at radius 1 is 1.20 bits per heavy atom. The van der Waals surface area contributed by atoms with Crippen LogP contribution in [-0.2, 0) is 0 Å². The van der Waals surface area contributed by atoms with E-state index in [-0.39, 0.29) is 0 Å². The van der Waals surface area contributed by atoms with Crippen LogP contribution in [0.3, 0.4) is 0 Å². The molecular weight excluding hydrogens is 122 g/mol. The average molecular weight is 133 g/mol. The second-order valence-corrected chi connectivity index (χ2v) is 3.13. The Kier molecular flexibility index (Phi) is 1.07. The van der Waals surface area contributed by atoms with Crippen LogP contribution in [0.2, 0.25) is 0 Å². The van der Waals surface area contributed by atoms with Crippen LogP contribution >= 0.6 is 0 Å². The molecule has 0 spiro atoms. The molecule has 2 atom stereocenters. The first-order valence-corrected chi connectivity index (χ1v) is 3.71. The standard InChI is InChI=1S/C9H11N/c1-6(10)9-7-4-2-3-5-8(7)9/h2-5,7-10H,1H3. The first kappa shape index (κ1) is 5.90. The molecule has 2 aliphatic rings. The minimum absolute atomic E-state index is 0.537. The molecule has 1 N–H and O–H groups in total. The number of fused-ring (bicyclic) bond motifs is 1. The summed E-state index contributed by atoms with van der Waals surface area (Å²) in [4.78, 5) is 0. The van der Waals surface area contributed by atoms with Gasteiger partial charge in [-0.05, 0) is 18.8 Å². The first-order valence-electron chi connectivity index (χ1n) is 3.71. The van der Waals surface area contributed by atoms with E-state index in [1.165, 1.54) is 0 Å². The van der Waals surface area contributed by atoms with Crippen LogP contribution < -0.4 is 0 Å². The summed E-state index contributed by atoms with van der Waals surface area (Å²) >= 11 is 0. The van der Waals surface area contributed by atoms with Crippen LogP contribution in [0.4, 0.5) is 0 Å². The van der Waals surface area contributed by atoms with Gasteiger partial charge in [0.2, 0.25) is 0 Å². The fraction of sp³-hybridized carbons (Fsp3) is 0.444. The zero-order valence-electron chi connectivity index (χ0n) is 6.04. The lowest BCUT2D eigenvalue weighted by Crippen LogP contribution is -1.92. The SMILES string of the molecule is CC(=N)C1C2C=CC=CC21. The van der Waals surface area contributed by atoms with Gasteiger partial charge in [0.15, 0.2) is 0 Å². The predicted molar refractivity (Wildman–Crippen MR) is 42.2 cm³/mol. The van der Waals surface area contributed by atoms with E-state index in [4.69, 9.17) is 5.41 Å². The van der Waals surface area contributed by atoms with Crippen molar-refractivity contribution in [3.8, 4) is 0 Å². The van der Waals surface area contributed by atoms with Crippen LogP contribution in [0.15, 0.2) is 24.3 Å². The van der Waals surface area contributed by atoms with Gasteiger partial charge in [0, 0.05) is 11.6 Å². The molecule has 0 aromatic carbocycles. The summed E-state index contributed by atoms with van der Waals surface area (Å²) in [6.45, 7) is 1.91. The van der Waals surface area contributed by atoms with E-state index in [2.05, 4.69) is 24.3 Å². The summed E-state index contributed by atoms with van der Waals surface area (Å²) < 4.78 is 0. The molecular formula is C9H11N. The number of rotatable bonds is 1. The van der Waals surface area contributed by atoms with Gasteiger partial charge in [0.25, 0.3) is 0 Å². The molecule has 52 valence electrons. The van der Waals surface area contributed by atoms with Crippen LogP contribution in [0, 0.1) is 23.2 Å². The normalized spacial score (nSPS) is 41.1. The quantitative estimate of drug-likeness (QED) is 0.529. The largest absolute Gasteiger partial charge is 0.310 e. The zero-order valence-corrected chi connectivity index (χ0v) is 6.04. The van der Waals surface area contributed by atoms with Gasteiger partial charge >= 0.3 is 0 Å². The van der Waals surface area contributed by atoms with E-state index in [9.17, 15) is 0 Å². The fourth-order valence-electron chi connectivity index (χ4n) is 1.82. The average Bonchev–Trinajstić information content (AvgIpc) is 2.60. The van der Waals surface area contributed by atoms with Gasteiger partial charge in [-0.3, -0.25) is 0 Å². The minimum atomic E-state index is 0.537. The fourth-order valence-corrected chi connectivity index (χ4v) is 1.82. The summed E-state index contributed by atoms with van der Waals surface area (Å²) in [5.74, 6) is 1.87. The van der Waals surface area contributed by atoms with Crippen molar-refractivity contribution in [1.29, 1.82) is 5.41 Å². The zero-order chi connectivity index (χ0) is 7.14. The monoisotopic (exact) mass is 133 g/mol. The van der Waals surface area contributed by atoms with E-state index in [0.29, 0.717) is 17.8 Å². The Hall–Kier alpha value is -0.850. The molecule has 1 fully saturated rings. The number of allylic oxidation sites excluding steroid dienone is 4. The molecule has 1 heteroatoms. The molecule has 0 aromatic heterocycles. The molecule has 0 amide bonds. The lowest BCUT2D eigenvalue weighted by molar-refractivity contribution is 0.981. The van der Waals surface area contributed by atoms with Gasteiger partial charge in [0.05, 0.1) is 0 Å². The van der Waals surface area contributed by atoms with Gasteiger partial charge in [-0.15, -0.1) is 0 Å². The smallest absolute Gasteiger partial charge is 0.0101 e. The highest BCUT2D eigenvalue weighted by Crippen LogP contribution is 2.50. The van der Waals surface area contributed by atoms with Gasteiger partial charge < -0.3 is 5.41 Å². The summed E-state index contributed by atoms with van der Waals surface area (Å²) in [7, 11) is 0. The van der Waals surface area contributed by atoms with E-state index in [1.54, 1.807) is 0 Å². The lowest BCUT2D eigenvalue weighted by atomic mass is 10.2. The third-order valence-electron chi connectivity index (χ3n) is 2.41. The van der Waals surface area contributed by atoms with Crippen LogP contribution in [0.25, 0.3) is 0 Å². The molecule has 0 radical (unpaired) electrons. The highest BCUT2D eigenvalue weighted by Gasteiger charge is 2.48. The number of hydrogen-bond donors (Lipinski definition) is 1. The molecule has 0 aromatic rings. The van der Waals surface area contributed by atoms with Crippen LogP contribution in [-0.4, -0.2) is 5.71 Å². The first-order chi connectivity index (χ1) is 4.80. The Balaban J connectivity index is 2.16. The molecule has 1 nitrogen and oxygen atoms in total. The maximum atomic E-state index is 7.44. The lowest BCUT2D eigenvalue weighted by Gasteiger charge is -1.87.